The molecule has 1 unspecified atom stereocenters. The summed E-state index contributed by atoms with van der Waals surface area (Å²) >= 11 is 0. The van der Waals surface area contributed by atoms with Gasteiger partial charge < -0.3 is 4.57 Å². The lowest BCUT2D eigenvalue weighted by Crippen LogP contribution is -2.18. The summed E-state index contributed by atoms with van der Waals surface area (Å²) in [6.07, 6.45) is 7.65. The topological polar surface area (TPSA) is 34.9 Å². The molecule has 3 heteroatoms. The minimum Gasteiger partial charge on any atom is -0.321 e. The third kappa shape index (κ3) is 1.68. The van der Waals surface area contributed by atoms with Crippen LogP contribution in [0.25, 0.3) is 0 Å². The second-order valence-corrected chi connectivity index (χ2v) is 4.45. The van der Waals surface area contributed by atoms with Gasteiger partial charge in [-0.15, -0.1) is 0 Å². The molecule has 0 bridgehead atoms. The average molecular weight is 226 g/mol. The Kier molecular flexibility index (Phi) is 2.52. The van der Waals surface area contributed by atoms with Crippen LogP contribution in [0.4, 0.5) is 0 Å². The van der Waals surface area contributed by atoms with E-state index in [9.17, 15) is 4.79 Å². The van der Waals surface area contributed by atoms with E-state index in [0.29, 0.717) is 5.69 Å². The van der Waals surface area contributed by atoms with Gasteiger partial charge in [-0.3, -0.25) is 4.79 Å². The maximum absolute atomic E-state index is 11.0. The van der Waals surface area contributed by atoms with Gasteiger partial charge in [0.25, 0.3) is 0 Å². The highest BCUT2D eigenvalue weighted by atomic mass is 16.1. The van der Waals surface area contributed by atoms with E-state index in [-0.39, 0.29) is 6.04 Å². The molecule has 0 fully saturated rings. The molecular formula is C14H14N2O. The van der Waals surface area contributed by atoms with Crippen LogP contribution in [-0.4, -0.2) is 15.8 Å². The number of rotatable bonds is 2. The van der Waals surface area contributed by atoms with Gasteiger partial charge in [-0.2, -0.15) is 0 Å². The molecule has 1 aromatic carbocycles. The van der Waals surface area contributed by atoms with Crippen molar-refractivity contribution < 1.29 is 4.79 Å². The van der Waals surface area contributed by atoms with E-state index in [4.69, 9.17) is 0 Å². The van der Waals surface area contributed by atoms with Crippen LogP contribution < -0.4 is 0 Å². The third-order valence-corrected chi connectivity index (χ3v) is 3.49. The fraction of sp³-hybridized carbons (Fsp3) is 0.286. The number of imidazole rings is 1. The van der Waals surface area contributed by atoms with E-state index < -0.39 is 0 Å². The van der Waals surface area contributed by atoms with Crippen molar-refractivity contribution in [2.24, 2.45) is 0 Å². The molecule has 0 spiro atoms. The summed E-state index contributed by atoms with van der Waals surface area (Å²) in [7, 11) is 0. The van der Waals surface area contributed by atoms with Crippen molar-refractivity contribution in [1.29, 1.82) is 0 Å². The lowest BCUT2D eigenvalue weighted by Gasteiger charge is -2.27. The molecule has 17 heavy (non-hydrogen) atoms. The predicted molar refractivity (Wildman–Crippen MR) is 65.1 cm³/mol. The quantitative estimate of drug-likeness (QED) is 0.738. The minimum atomic E-state index is 0.266. The highest BCUT2D eigenvalue weighted by Gasteiger charge is 2.22. The Morgan fingerprint density at radius 2 is 2.24 bits per heavy atom. The number of aldehydes is 1. The Morgan fingerprint density at radius 1 is 1.35 bits per heavy atom. The van der Waals surface area contributed by atoms with Crippen molar-refractivity contribution in [3.63, 3.8) is 0 Å². The van der Waals surface area contributed by atoms with Gasteiger partial charge in [-0.05, 0) is 30.4 Å². The molecule has 1 atom stereocenters. The molecule has 0 amide bonds. The van der Waals surface area contributed by atoms with E-state index in [1.54, 1.807) is 12.5 Å². The molecule has 86 valence electrons. The van der Waals surface area contributed by atoms with Gasteiger partial charge in [0.15, 0.2) is 6.29 Å². The summed E-state index contributed by atoms with van der Waals surface area (Å²) in [5.41, 5.74) is 3.39. The number of aromatic nitrogens is 2. The van der Waals surface area contributed by atoms with Gasteiger partial charge >= 0.3 is 0 Å². The van der Waals surface area contributed by atoms with Crippen LogP contribution in [0, 0.1) is 0 Å². The molecule has 0 saturated heterocycles. The number of aryl methyl sites for hydroxylation is 1. The summed E-state index contributed by atoms with van der Waals surface area (Å²) in [4.78, 5) is 15.1. The largest absolute Gasteiger partial charge is 0.321 e. The standard InChI is InChI=1S/C14H14N2O/c17-9-12-8-15-10-16(12)14-7-3-5-11-4-1-2-6-13(11)14/h1-2,4,6,8-10,14H,3,5,7H2. The van der Waals surface area contributed by atoms with Crippen molar-refractivity contribution in [2.45, 2.75) is 25.3 Å². The Balaban J connectivity index is 2.09. The van der Waals surface area contributed by atoms with E-state index in [1.807, 2.05) is 4.57 Å². The van der Waals surface area contributed by atoms with Crippen molar-refractivity contribution in [2.75, 3.05) is 0 Å². The van der Waals surface area contributed by atoms with Crippen molar-refractivity contribution >= 4 is 6.29 Å². The molecule has 0 aliphatic heterocycles. The van der Waals surface area contributed by atoms with Crippen LogP contribution in [0.3, 0.4) is 0 Å². The lowest BCUT2D eigenvalue weighted by atomic mass is 9.87. The number of nitrogens with zero attached hydrogens (tertiary/aromatic N) is 2. The van der Waals surface area contributed by atoms with Crippen molar-refractivity contribution in [3.05, 3.63) is 53.6 Å². The summed E-state index contributed by atoms with van der Waals surface area (Å²) in [6, 6.07) is 8.75. The Bertz CT molecular complexity index is 545. The first-order valence-electron chi connectivity index (χ1n) is 5.95. The average Bonchev–Trinajstić information content (AvgIpc) is 2.86. The molecule has 0 radical (unpaired) electrons. The summed E-state index contributed by atoms with van der Waals surface area (Å²) in [5.74, 6) is 0. The van der Waals surface area contributed by atoms with Gasteiger partial charge in [-0.1, -0.05) is 24.3 Å². The first-order valence-corrected chi connectivity index (χ1v) is 5.95. The number of carbonyl (C=O) groups excluding carboxylic acids is 1. The summed E-state index contributed by atoms with van der Waals surface area (Å²) in [6.45, 7) is 0. The zero-order valence-electron chi connectivity index (χ0n) is 9.54. The number of benzene rings is 1. The molecular weight excluding hydrogens is 212 g/mol. The summed E-state index contributed by atoms with van der Waals surface area (Å²) < 4.78 is 1.99. The Labute approximate surface area is 100 Å². The Hall–Kier alpha value is -1.90. The fourth-order valence-electron chi connectivity index (χ4n) is 2.68. The monoisotopic (exact) mass is 226 g/mol. The van der Waals surface area contributed by atoms with Gasteiger partial charge in [0.2, 0.25) is 0 Å². The van der Waals surface area contributed by atoms with Crippen LogP contribution in [0.15, 0.2) is 36.8 Å². The maximum Gasteiger partial charge on any atom is 0.168 e. The van der Waals surface area contributed by atoms with E-state index in [1.165, 1.54) is 11.1 Å². The third-order valence-electron chi connectivity index (χ3n) is 3.49. The van der Waals surface area contributed by atoms with E-state index in [0.717, 1.165) is 25.5 Å². The van der Waals surface area contributed by atoms with E-state index >= 15 is 0 Å². The molecule has 3 nitrogen and oxygen atoms in total. The molecule has 0 saturated carbocycles. The second-order valence-electron chi connectivity index (χ2n) is 4.45. The number of hydrogen-bond acceptors (Lipinski definition) is 2. The smallest absolute Gasteiger partial charge is 0.168 e. The molecule has 2 aromatic rings. The Morgan fingerprint density at radius 3 is 3.12 bits per heavy atom. The first kappa shape index (κ1) is 10.3. The lowest BCUT2D eigenvalue weighted by molar-refractivity contribution is 0.111. The fourth-order valence-corrected chi connectivity index (χ4v) is 2.68. The number of hydrogen-bond donors (Lipinski definition) is 0. The highest BCUT2D eigenvalue weighted by Crippen LogP contribution is 2.33. The second kappa shape index (κ2) is 4.17. The maximum atomic E-state index is 11.0. The van der Waals surface area contributed by atoms with Gasteiger partial charge in [0.1, 0.15) is 5.69 Å². The zero-order chi connectivity index (χ0) is 11.7. The minimum absolute atomic E-state index is 0.266. The van der Waals surface area contributed by atoms with E-state index in [2.05, 4.69) is 29.2 Å². The van der Waals surface area contributed by atoms with Crippen molar-refractivity contribution in [1.82, 2.24) is 9.55 Å². The molecule has 0 N–H and O–H groups in total. The van der Waals surface area contributed by atoms with Crippen LogP contribution in [0.1, 0.15) is 40.5 Å². The van der Waals surface area contributed by atoms with Gasteiger partial charge in [-0.25, -0.2) is 4.98 Å². The first-order chi connectivity index (χ1) is 8.40. The molecule has 1 aliphatic carbocycles. The molecule has 1 heterocycles. The number of carbonyl (C=O) groups is 1. The van der Waals surface area contributed by atoms with Gasteiger partial charge in [0.05, 0.1) is 18.6 Å². The number of fused-ring (bicyclic) bond motifs is 1. The van der Waals surface area contributed by atoms with Crippen LogP contribution in [0.2, 0.25) is 0 Å². The summed E-state index contributed by atoms with van der Waals surface area (Å²) in [5, 5.41) is 0. The highest BCUT2D eigenvalue weighted by molar-refractivity contribution is 5.71. The molecule has 1 aromatic heterocycles. The normalized spacial score (nSPS) is 18.7. The van der Waals surface area contributed by atoms with Crippen LogP contribution in [0.5, 0.6) is 0 Å². The molecule has 1 aliphatic rings. The van der Waals surface area contributed by atoms with Crippen LogP contribution >= 0.6 is 0 Å². The van der Waals surface area contributed by atoms with Crippen molar-refractivity contribution in [3.8, 4) is 0 Å². The molecule has 3 rings (SSSR count). The predicted octanol–water partition coefficient (Wildman–Crippen LogP) is 2.62. The zero-order valence-corrected chi connectivity index (χ0v) is 9.54. The van der Waals surface area contributed by atoms with Gasteiger partial charge in [0, 0.05) is 0 Å². The SMILES string of the molecule is O=Cc1cncn1C1CCCc2ccccc21. The van der Waals surface area contributed by atoms with Crippen LogP contribution in [-0.2, 0) is 6.42 Å².